The molecule has 0 atom stereocenters. The molecule has 0 fully saturated rings. The van der Waals surface area contributed by atoms with E-state index in [0.29, 0.717) is 27.4 Å². The van der Waals surface area contributed by atoms with Gasteiger partial charge in [-0.3, -0.25) is 9.36 Å². The molecule has 0 amide bonds. The summed E-state index contributed by atoms with van der Waals surface area (Å²) in [6, 6.07) is 15.0. The molecule has 0 aliphatic carbocycles. The molecule has 152 valence electrons. The molecule has 0 aliphatic rings. The van der Waals surface area contributed by atoms with E-state index in [4.69, 9.17) is 14.1 Å². The van der Waals surface area contributed by atoms with Crippen LogP contribution in [0.15, 0.2) is 69.2 Å². The molecular formula is C23H20N2O4S. The third-order valence-corrected chi connectivity index (χ3v) is 5.87. The van der Waals surface area contributed by atoms with Crippen molar-refractivity contribution in [1.82, 2.24) is 9.55 Å². The number of furan rings is 1. The fraction of sp³-hybridized carbons (Fsp3) is 0.174. The standard InChI is InChI=1S/C23H20N2O4S/c1-14-7-6-8-15(2)19(14)25-21(26)17-9-4-5-10-18(17)24-23(25)30-13-16-11-12-29-20(16)22(27)28-3/h4-12H,13H2,1-3H3. The van der Waals surface area contributed by atoms with E-state index in [2.05, 4.69) is 0 Å². The number of hydrogen-bond acceptors (Lipinski definition) is 6. The van der Waals surface area contributed by atoms with Crippen LogP contribution in [-0.2, 0) is 10.5 Å². The number of nitrogens with zero attached hydrogens (tertiary/aromatic N) is 2. The number of fused-ring (bicyclic) bond motifs is 1. The van der Waals surface area contributed by atoms with Crippen molar-refractivity contribution in [1.29, 1.82) is 0 Å². The molecule has 2 aromatic heterocycles. The molecule has 0 unspecified atom stereocenters. The van der Waals surface area contributed by atoms with Gasteiger partial charge in [0.1, 0.15) is 0 Å². The second-order valence-corrected chi connectivity index (χ2v) is 7.79. The Morgan fingerprint density at radius 1 is 1.10 bits per heavy atom. The summed E-state index contributed by atoms with van der Waals surface area (Å²) in [6.07, 6.45) is 1.45. The van der Waals surface area contributed by atoms with Gasteiger partial charge >= 0.3 is 5.97 Å². The minimum atomic E-state index is -0.533. The van der Waals surface area contributed by atoms with Crippen LogP contribution in [0.3, 0.4) is 0 Å². The quantitative estimate of drug-likeness (QED) is 0.265. The van der Waals surface area contributed by atoms with Gasteiger partial charge in [0.05, 0.1) is 30.0 Å². The average Bonchev–Trinajstić information content (AvgIpc) is 3.22. The molecule has 4 aromatic rings. The van der Waals surface area contributed by atoms with E-state index >= 15 is 0 Å². The van der Waals surface area contributed by atoms with Gasteiger partial charge in [-0.05, 0) is 43.2 Å². The Morgan fingerprint density at radius 3 is 2.57 bits per heavy atom. The first-order valence-corrected chi connectivity index (χ1v) is 10.4. The number of esters is 1. The van der Waals surface area contributed by atoms with Gasteiger partial charge in [0.15, 0.2) is 5.16 Å². The van der Waals surface area contributed by atoms with Crippen LogP contribution in [0.2, 0.25) is 0 Å². The van der Waals surface area contributed by atoms with Crippen molar-refractivity contribution < 1.29 is 13.9 Å². The fourth-order valence-electron chi connectivity index (χ4n) is 3.43. The van der Waals surface area contributed by atoms with Gasteiger partial charge in [-0.2, -0.15) is 0 Å². The van der Waals surface area contributed by atoms with E-state index in [9.17, 15) is 9.59 Å². The number of thioether (sulfide) groups is 1. The molecule has 0 bridgehead atoms. The molecule has 2 heterocycles. The minimum Gasteiger partial charge on any atom is -0.463 e. The maximum atomic E-state index is 13.5. The summed E-state index contributed by atoms with van der Waals surface area (Å²) in [4.78, 5) is 30.1. The number of ether oxygens (including phenoxy) is 1. The summed E-state index contributed by atoms with van der Waals surface area (Å²) >= 11 is 1.37. The summed E-state index contributed by atoms with van der Waals surface area (Å²) in [5, 5.41) is 1.11. The lowest BCUT2D eigenvalue weighted by Crippen LogP contribution is -2.23. The summed E-state index contributed by atoms with van der Waals surface area (Å²) < 4.78 is 11.7. The minimum absolute atomic E-state index is 0.124. The number of para-hydroxylation sites is 2. The van der Waals surface area contributed by atoms with Crippen LogP contribution >= 0.6 is 11.8 Å². The molecule has 7 heteroatoms. The first kappa shape index (κ1) is 20.0. The van der Waals surface area contributed by atoms with Crippen molar-refractivity contribution in [2.45, 2.75) is 24.8 Å². The summed E-state index contributed by atoms with van der Waals surface area (Å²) in [7, 11) is 1.31. The first-order chi connectivity index (χ1) is 14.5. The molecule has 4 rings (SSSR count). The van der Waals surface area contributed by atoms with E-state index in [1.807, 2.05) is 50.2 Å². The number of carbonyl (C=O) groups is 1. The van der Waals surface area contributed by atoms with Crippen molar-refractivity contribution in [2.24, 2.45) is 0 Å². The molecule has 0 N–H and O–H groups in total. The van der Waals surface area contributed by atoms with E-state index in [-0.39, 0.29) is 11.3 Å². The Morgan fingerprint density at radius 2 is 1.83 bits per heavy atom. The van der Waals surface area contributed by atoms with Crippen LogP contribution in [0.4, 0.5) is 0 Å². The van der Waals surface area contributed by atoms with Gasteiger partial charge in [-0.25, -0.2) is 9.78 Å². The number of hydrogen-bond donors (Lipinski definition) is 0. The smallest absolute Gasteiger partial charge is 0.374 e. The predicted octanol–water partition coefficient (Wildman–Crippen LogP) is 4.67. The van der Waals surface area contributed by atoms with E-state index in [0.717, 1.165) is 16.8 Å². The van der Waals surface area contributed by atoms with E-state index < -0.39 is 5.97 Å². The molecule has 2 aromatic carbocycles. The second kappa shape index (κ2) is 8.20. The van der Waals surface area contributed by atoms with Crippen LogP contribution in [0.5, 0.6) is 0 Å². The highest BCUT2D eigenvalue weighted by Crippen LogP contribution is 2.28. The molecule has 0 radical (unpaired) electrons. The summed E-state index contributed by atoms with van der Waals surface area (Å²) in [5.41, 5.74) is 3.98. The maximum absolute atomic E-state index is 13.5. The number of aromatic nitrogens is 2. The first-order valence-electron chi connectivity index (χ1n) is 9.37. The van der Waals surface area contributed by atoms with Crippen LogP contribution in [0, 0.1) is 13.8 Å². The second-order valence-electron chi connectivity index (χ2n) is 6.85. The molecule has 0 spiro atoms. The molecular weight excluding hydrogens is 400 g/mol. The zero-order valence-electron chi connectivity index (χ0n) is 16.8. The largest absolute Gasteiger partial charge is 0.463 e. The van der Waals surface area contributed by atoms with Crippen molar-refractivity contribution in [3.05, 3.63) is 87.6 Å². The Hall–Kier alpha value is -3.32. The van der Waals surface area contributed by atoms with Crippen LogP contribution in [-0.4, -0.2) is 22.6 Å². The lowest BCUT2D eigenvalue weighted by molar-refractivity contribution is 0.0564. The average molecular weight is 420 g/mol. The lowest BCUT2D eigenvalue weighted by Gasteiger charge is -2.17. The lowest BCUT2D eigenvalue weighted by atomic mass is 10.1. The zero-order valence-corrected chi connectivity index (χ0v) is 17.7. The van der Waals surface area contributed by atoms with Gasteiger partial charge in [-0.15, -0.1) is 0 Å². The Balaban J connectivity index is 1.86. The predicted molar refractivity (Wildman–Crippen MR) is 116 cm³/mol. The third-order valence-electron chi connectivity index (χ3n) is 4.88. The fourth-order valence-corrected chi connectivity index (χ4v) is 4.41. The molecule has 0 saturated heterocycles. The zero-order chi connectivity index (χ0) is 21.3. The number of benzene rings is 2. The maximum Gasteiger partial charge on any atom is 0.374 e. The highest BCUT2D eigenvalue weighted by molar-refractivity contribution is 7.98. The number of carbonyl (C=O) groups excluding carboxylic acids is 1. The van der Waals surface area contributed by atoms with Crippen molar-refractivity contribution in [3.8, 4) is 5.69 Å². The Labute approximate surface area is 177 Å². The van der Waals surface area contributed by atoms with Gasteiger partial charge in [0.2, 0.25) is 5.76 Å². The highest BCUT2D eigenvalue weighted by Gasteiger charge is 2.19. The molecule has 30 heavy (non-hydrogen) atoms. The van der Waals surface area contributed by atoms with Gasteiger partial charge in [0, 0.05) is 11.3 Å². The van der Waals surface area contributed by atoms with Gasteiger partial charge in [-0.1, -0.05) is 42.1 Å². The topological polar surface area (TPSA) is 74.3 Å². The van der Waals surface area contributed by atoms with E-state index in [1.54, 1.807) is 16.7 Å². The molecule has 0 saturated carbocycles. The third kappa shape index (κ3) is 3.52. The van der Waals surface area contributed by atoms with Crippen LogP contribution in [0.1, 0.15) is 27.2 Å². The van der Waals surface area contributed by atoms with Crippen molar-refractivity contribution in [3.63, 3.8) is 0 Å². The Kier molecular flexibility index (Phi) is 5.46. The number of rotatable bonds is 5. The van der Waals surface area contributed by atoms with Crippen LogP contribution < -0.4 is 5.56 Å². The van der Waals surface area contributed by atoms with Crippen molar-refractivity contribution in [2.75, 3.05) is 7.11 Å². The van der Waals surface area contributed by atoms with Gasteiger partial charge < -0.3 is 9.15 Å². The SMILES string of the molecule is COC(=O)c1occc1CSc1nc2ccccc2c(=O)n1-c1c(C)cccc1C. The number of methoxy groups -OCH3 is 1. The number of aryl methyl sites for hydroxylation is 2. The normalized spacial score (nSPS) is 11.0. The molecule has 6 nitrogen and oxygen atoms in total. The van der Waals surface area contributed by atoms with Gasteiger partial charge in [0.25, 0.3) is 5.56 Å². The van der Waals surface area contributed by atoms with Crippen LogP contribution in [0.25, 0.3) is 16.6 Å². The van der Waals surface area contributed by atoms with Crippen molar-refractivity contribution >= 4 is 28.6 Å². The Bertz CT molecular complexity index is 1290. The monoisotopic (exact) mass is 420 g/mol. The summed E-state index contributed by atoms with van der Waals surface area (Å²) in [5.74, 6) is 0.0253. The van der Waals surface area contributed by atoms with E-state index in [1.165, 1.54) is 25.1 Å². The summed E-state index contributed by atoms with van der Waals surface area (Å²) in [6.45, 7) is 3.95. The molecule has 0 aliphatic heterocycles. The highest BCUT2D eigenvalue weighted by atomic mass is 32.2.